The van der Waals surface area contributed by atoms with Crippen LogP contribution in [0.25, 0.3) is 0 Å². The van der Waals surface area contributed by atoms with Gasteiger partial charge in [-0.25, -0.2) is 4.79 Å². The smallest absolute Gasteiger partial charge is 0.317 e. The van der Waals surface area contributed by atoms with Gasteiger partial charge < -0.3 is 15.3 Å². The van der Waals surface area contributed by atoms with Crippen LogP contribution >= 0.6 is 0 Å². The van der Waals surface area contributed by atoms with Crippen LogP contribution in [0.4, 0.5) is 4.79 Å². The van der Waals surface area contributed by atoms with E-state index in [4.69, 9.17) is 5.11 Å². The van der Waals surface area contributed by atoms with Gasteiger partial charge in [-0.2, -0.15) is 0 Å². The van der Waals surface area contributed by atoms with Gasteiger partial charge in [0.25, 0.3) is 0 Å². The van der Waals surface area contributed by atoms with Crippen LogP contribution < -0.4 is 5.32 Å². The van der Waals surface area contributed by atoms with Crippen LogP contribution in [0.3, 0.4) is 0 Å². The van der Waals surface area contributed by atoms with E-state index in [2.05, 4.69) is 10.3 Å². The van der Waals surface area contributed by atoms with Crippen molar-refractivity contribution in [3.8, 4) is 0 Å². The molecule has 1 aliphatic heterocycles. The van der Waals surface area contributed by atoms with E-state index < -0.39 is 11.9 Å². The number of likely N-dealkylation sites (tertiary alicyclic amines) is 1. The molecule has 6 nitrogen and oxygen atoms in total. The van der Waals surface area contributed by atoms with Crippen molar-refractivity contribution >= 4 is 12.0 Å². The van der Waals surface area contributed by atoms with Crippen molar-refractivity contribution in [2.45, 2.75) is 13.3 Å². The minimum absolute atomic E-state index is 0.00144. The number of carboxylic acid groups (broad SMARTS) is 1. The number of carbonyl (C=O) groups excluding carboxylic acids is 1. The van der Waals surface area contributed by atoms with E-state index in [1.54, 1.807) is 17.3 Å². The van der Waals surface area contributed by atoms with Gasteiger partial charge in [-0.1, -0.05) is 6.92 Å². The number of aliphatic carboxylic acids is 1. The molecule has 1 aliphatic rings. The van der Waals surface area contributed by atoms with Gasteiger partial charge in [-0.15, -0.1) is 0 Å². The number of aromatic nitrogens is 1. The molecule has 20 heavy (non-hydrogen) atoms. The quantitative estimate of drug-likeness (QED) is 0.859. The molecule has 2 heterocycles. The fourth-order valence-electron chi connectivity index (χ4n) is 2.43. The largest absolute Gasteiger partial charge is 0.481 e. The molecule has 0 saturated carbocycles. The number of carboxylic acids is 1. The molecule has 1 saturated heterocycles. The molecule has 0 bridgehead atoms. The number of hydrogen-bond donors (Lipinski definition) is 2. The molecule has 2 N–H and O–H groups in total. The number of hydrogen-bond acceptors (Lipinski definition) is 3. The van der Waals surface area contributed by atoms with E-state index in [9.17, 15) is 9.59 Å². The number of urea groups is 1. The highest BCUT2D eigenvalue weighted by atomic mass is 16.4. The first-order valence-corrected chi connectivity index (χ1v) is 6.72. The second-order valence-electron chi connectivity index (χ2n) is 5.16. The van der Waals surface area contributed by atoms with Gasteiger partial charge in [0.05, 0.1) is 5.92 Å². The molecule has 0 spiro atoms. The van der Waals surface area contributed by atoms with E-state index in [0.717, 1.165) is 12.0 Å². The average molecular weight is 277 g/mol. The third kappa shape index (κ3) is 3.46. The summed E-state index contributed by atoms with van der Waals surface area (Å²) in [6.45, 7) is 3.18. The third-order valence-corrected chi connectivity index (χ3v) is 3.66. The van der Waals surface area contributed by atoms with E-state index in [0.29, 0.717) is 13.1 Å². The third-order valence-electron chi connectivity index (χ3n) is 3.66. The number of carbonyl (C=O) groups is 2. The van der Waals surface area contributed by atoms with Gasteiger partial charge in [0.1, 0.15) is 0 Å². The molecule has 6 heteroatoms. The van der Waals surface area contributed by atoms with Crippen LogP contribution in [-0.4, -0.2) is 46.6 Å². The minimum atomic E-state index is -0.829. The van der Waals surface area contributed by atoms with E-state index in [1.807, 2.05) is 19.1 Å². The lowest BCUT2D eigenvalue weighted by Crippen LogP contribution is -2.39. The predicted octanol–water partition coefficient (Wildman–Crippen LogP) is 0.986. The molecule has 0 aromatic carbocycles. The summed E-state index contributed by atoms with van der Waals surface area (Å²) in [5.41, 5.74) is 1.11. The summed E-state index contributed by atoms with van der Waals surface area (Å²) >= 11 is 0. The normalized spacial score (nSPS) is 21.8. The summed E-state index contributed by atoms with van der Waals surface area (Å²) in [4.78, 5) is 28.5. The number of nitrogens with one attached hydrogen (secondary N) is 1. The fourth-order valence-corrected chi connectivity index (χ4v) is 2.43. The maximum Gasteiger partial charge on any atom is 0.317 e. The molecule has 2 atom stereocenters. The average Bonchev–Trinajstić information content (AvgIpc) is 2.82. The van der Waals surface area contributed by atoms with Crippen LogP contribution in [-0.2, 0) is 11.2 Å². The van der Waals surface area contributed by atoms with Gasteiger partial charge in [0.15, 0.2) is 0 Å². The zero-order valence-electron chi connectivity index (χ0n) is 11.5. The molecular weight excluding hydrogens is 258 g/mol. The summed E-state index contributed by atoms with van der Waals surface area (Å²) < 4.78 is 0. The zero-order valence-corrected chi connectivity index (χ0v) is 11.5. The Morgan fingerprint density at radius 2 is 2.10 bits per heavy atom. The molecule has 1 fully saturated rings. The number of amides is 2. The SMILES string of the molecule is C[C@@H]1CN(C(=O)NCCc2ccncc2)C[C@H]1C(=O)O. The highest BCUT2D eigenvalue weighted by Gasteiger charge is 2.36. The molecule has 1 aromatic heterocycles. The first-order valence-electron chi connectivity index (χ1n) is 6.72. The maximum absolute atomic E-state index is 12.0. The van der Waals surface area contributed by atoms with Crippen molar-refractivity contribution < 1.29 is 14.7 Å². The zero-order chi connectivity index (χ0) is 14.5. The van der Waals surface area contributed by atoms with Crippen molar-refractivity contribution in [3.63, 3.8) is 0 Å². The van der Waals surface area contributed by atoms with E-state index >= 15 is 0 Å². The topological polar surface area (TPSA) is 82.5 Å². The highest BCUT2D eigenvalue weighted by Crippen LogP contribution is 2.22. The maximum atomic E-state index is 12.0. The van der Waals surface area contributed by atoms with Crippen LogP contribution in [0, 0.1) is 11.8 Å². The van der Waals surface area contributed by atoms with Gasteiger partial charge in [0.2, 0.25) is 0 Å². The lowest BCUT2D eigenvalue weighted by molar-refractivity contribution is -0.142. The molecule has 2 rings (SSSR count). The van der Waals surface area contributed by atoms with Crippen molar-refractivity contribution in [3.05, 3.63) is 30.1 Å². The molecule has 0 aliphatic carbocycles. The summed E-state index contributed by atoms with van der Waals surface area (Å²) in [6, 6.07) is 3.63. The fraction of sp³-hybridized carbons (Fsp3) is 0.500. The Morgan fingerprint density at radius 1 is 1.40 bits per heavy atom. The van der Waals surface area contributed by atoms with Crippen LogP contribution in [0.5, 0.6) is 0 Å². The number of nitrogens with zero attached hydrogens (tertiary/aromatic N) is 2. The Labute approximate surface area is 117 Å². The Hall–Kier alpha value is -2.11. The second-order valence-corrected chi connectivity index (χ2v) is 5.16. The Kier molecular flexibility index (Phi) is 4.55. The summed E-state index contributed by atoms with van der Waals surface area (Å²) in [7, 11) is 0. The molecule has 0 radical (unpaired) electrons. The lowest BCUT2D eigenvalue weighted by Gasteiger charge is -2.16. The van der Waals surface area contributed by atoms with Crippen molar-refractivity contribution in [1.82, 2.24) is 15.2 Å². The lowest BCUT2D eigenvalue weighted by atomic mass is 9.99. The molecular formula is C14H19N3O3. The van der Waals surface area contributed by atoms with Crippen LogP contribution in [0.1, 0.15) is 12.5 Å². The second kappa shape index (κ2) is 6.36. The van der Waals surface area contributed by atoms with Gasteiger partial charge in [-0.3, -0.25) is 9.78 Å². The number of rotatable bonds is 4. The van der Waals surface area contributed by atoms with Crippen molar-refractivity contribution in [2.75, 3.05) is 19.6 Å². The monoisotopic (exact) mass is 277 g/mol. The molecule has 2 amide bonds. The predicted molar refractivity (Wildman–Crippen MR) is 73.2 cm³/mol. The van der Waals surface area contributed by atoms with Gasteiger partial charge >= 0.3 is 12.0 Å². The Morgan fingerprint density at radius 3 is 2.70 bits per heavy atom. The first-order chi connectivity index (χ1) is 9.58. The summed E-state index contributed by atoms with van der Waals surface area (Å²) in [5.74, 6) is -1.29. The molecule has 1 aromatic rings. The van der Waals surface area contributed by atoms with Crippen molar-refractivity contribution in [2.24, 2.45) is 11.8 Å². The Balaban J connectivity index is 1.77. The molecule has 108 valence electrons. The highest BCUT2D eigenvalue weighted by molar-refractivity contribution is 5.77. The summed E-state index contributed by atoms with van der Waals surface area (Å²) in [6.07, 6.45) is 4.17. The van der Waals surface area contributed by atoms with Crippen LogP contribution in [0.2, 0.25) is 0 Å². The summed E-state index contributed by atoms with van der Waals surface area (Å²) in [5, 5.41) is 11.9. The van der Waals surface area contributed by atoms with E-state index in [-0.39, 0.29) is 18.5 Å². The van der Waals surface area contributed by atoms with E-state index in [1.165, 1.54) is 0 Å². The van der Waals surface area contributed by atoms with Gasteiger partial charge in [0, 0.05) is 32.0 Å². The van der Waals surface area contributed by atoms with Gasteiger partial charge in [-0.05, 0) is 30.0 Å². The Bertz CT molecular complexity index is 478. The standard InChI is InChI=1S/C14H19N3O3/c1-10-8-17(9-12(10)13(18)19)14(20)16-7-4-11-2-5-15-6-3-11/h2-3,5-6,10,12H,4,7-9H2,1H3,(H,16,20)(H,18,19)/t10-,12-/m1/s1. The number of pyridine rings is 1. The first kappa shape index (κ1) is 14.3. The molecule has 0 unspecified atom stereocenters. The van der Waals surface area contributed by atoms with Crippen molar-refractivity contribution in [1.29, 1.82) is 0 Å². The van der Waals surface area contributed by atoms with Crippen LogP contribution in [0.15, 0.2) is 24.5 Å². The minimum Gasteiger partial charge on any atom is -0.481 e.